The molecule has 0 radical (unpaired) electrons. The van der Waals surface area contributed by atoms with E-state index in [1.54, 1.807) is 6.07 Å². The summed E-state index contributed by atoms with van der Waals surface area (Å²) in [6.07, 6.45) is 3.30. The summed E-state index contributed by atoms with van der Waals surface area (Å²) >= 11 is 1.28. The maximum atomic E-state index is 12.8. The van der Waals surface area contributed by atoms with Gasteiger partial charge in [0.15, 0.2) is 0 Å². The molecule has 0 spiro atoms. The zero-order valence-corrected chi connectivity index (χ0v) is 15.9. The first-order chi connectivity index (χ1) is 12.3. The van der Waals surface area contributed by atoms with Gasteiger partial charge in [-0.25, -0.2) is 0 Å². The Labute approximate surface area is 155 Å². The number of aromatic nitrogens is 3. The molecule has 134 valence electrons. The molecule has 3 rings (SSSR count). The molecule has 0 saturated heterocycles. The van der Waals surface area contributed by atoms with Crippen LogP contribution in [0, 0.1) is 0 Å². The number of rotatable bonds is 3. The topological polar surface area (TPSA) is 80.4 Å². The molecule has 0 fully saturated rings. The number of thioether (sulfide) groups is 1. The van der Waals surface area contributed by atoms with Crippen LogP contribution in [0.4, 0.5) is 0 Å². The summed E-state index contributed by atoms with van der Waals surface area (Å²) in [7, 11) is 0. The van der Waals surface area contributed by atoms with Gasteiger partial charge in [0.2, 0.25) is 5.16 Å². The lowest BCUT2D eigenvalue weighted by Gasteiger charge is -2.16. The van der Waals surface area contributed by atoms with Crippen molar-refractivity contribution in [3.8, 4) is 5.75 Å². The Kier molecular flexibility index (Phi) is 4.82. The number of benzene rings is 2. The normalized spacial score (nSPS) is 12.2. The first kappa shape index (κ1) is 18.1. The first-order valence-corrected chi connectivity index (χ1v) is 9.34. The average Bonchev–Trinajstić information content (AvgIpc) is 2.60. The van der Waals surface area contributed by atoms with Gasteiger partial charge >= 0.3 is 0 Å². The number of nitrogens with zero attached hydrogens (tertiary/aromatic N) is 4. The lowest BCUT2D eigenvalue weighted by atomic mass is 9.93. The zero-order valence-electron chi connectivity index (χ0n) is 15.1. The summed E-state index contributed by atoms with van der Waals surface area (Å²) < 4.78 is 1.24. The van der Waals surface area contributed by atoms with Crippen molar-refractivity contribution in [2.24, 2.45) is 5.10 Å². The summed E-state index contributed by atoms with van der Waals surface area (Å²) in [6, 6.07) is 11.1. The molecular weight excluding hydrogens is 348 g/mol. The number of phenols is 1. The summed E-state index contributed by atoms with van der Waals surface area (Å²) in [4.78, 5) is 12.8. The number of aromatic hydroxyl groups is 1. The Hall–Kier alpha value is -2.67. The van der Waals surface area contributed by atoms with Crippen LogP contribution in [0.25, 0.3) is 10.8 Å². The average molecular weight is 368 g/mol. The summed E-state index contributed by atoms with van der Waals surface area (Å²) in [5, 5.41) is 25.0. The summed E-state index contributed by atoms with van der Waals surface area (Å²) in [5.74, 6) is 0.101. The van der Waals surface area contributed by atoms with E-state index >= 15 is 0 Å². The molecular formula is C19H20N4O2S. The van der Waals surface area contributed by atoms with Crippen LogP contribution in [-0.2, 0) is 5.41 Å². The molecule has 3 aromatic rings. The van der Waals surface area contributed by atoms with Gasteiger partial charge in [0.25, 0.3) is 5.56 Å². The third-order valence-electron chi connectivity index (χ3n) is 3.95. The van der Waals surface area contributed by atoms with Gasteiger partial charge in [0, 0.05) is 11.0 Å². The number of fused-ring (bicyclic) bond motifs is 1. The molecule has 6 nitrogen and oxygen atoms in total. The van der Waals surface area contributed by atoms with Crippen LogP contribution in [0.3, 0.4) is 0 Å². The van der Waals surface area contributed by atoms with Gasteiger partial charge in [-0.3, -0.25) is 4.79 Å². The van der Waals surface area contributed by atoms with E-state index in [-0.39, 0.29) is 11.3 Å². The second-order valence-electron chi connectivity index (χ2n) is 6.87. The van der Waals surface area contributed by atoms with Gasteiger partial charge in [-0.05, 0) is 23.1 Å². The third-order valence-corrected chi connectivity index (χ3v) is 4.57. The van der Waals surface area contributed by atoms with Crippen LogP contribution in [0.15, 0.2) is 51.5 Å². The Bertz CT molecular complexity index is 1050. The van der Waals surface area contributed by atoms with E-state index < -0.39 is 5.41 Å². The Morgan fingerprint density at radius 1 is 1.15 bits per heavy atom. The SMILES string of the molecule is CSc1nnc(C(C)(C)C)c(=O)n1/N=C\c1c(O)ccc2ccccc12. The van der Waals surface area contributed by atoms with Gasteiger partial charge in [-0.2, -0.15) is 9.78 Å². The molecule has 0 atom stereocenters. The minimum atomic E-state index is -0.445. The number of hydrogen-bond donors (Lipinski definition) is 1. The zero-order chi connectivity index (χ0) is 18.9. The molecule has 7 heteroatoms. The number of hydrogen-bond acceptors (Lipinski definition) is 6. The van der Waals surface area contributed by atoms with E-state index in [4.69, 9.17) is 0 Å². The van der Waals surface area contributed by atoms with E-state index in [0.717, 1.165) is 10.8 Å². The predicted octanol–water partition coefficient (Wildman–Crippen LogP) is 3.40. The van der Waals surface area contributed by atoms with Crippen molar-refractivity contribution < 1.29 is 5.11 Å². The lowest BCUT2D eigenvalue weighted by Crippen LogP contribution is -2.32. The highest BCUT2D eigenvalue weighted by Gasteiger charge is 2.23. The van der Waals surface area contributed by atoms with Crippen LogP contribution in [-0.4, -0.2) is 32.5 Å². The Morgan fingerprint density at radius 3 is 2.58 bits per heavy atom. The van der Waals surface area contributed by atoms with Crippen molar-refractivity contribution in [2.75, 3.05) is 6.26 Å². The molecule has 26 heavy (non-hydrogen) atoms. The second-order valence-corrected chi connectivity index (χ2v) is 7.64. The lowest BCUT2D eigenvalue weighted by molar-refractivity contribution is 0.475. The van der Waals surface area contributed by atoms with Crippen molar-refractivity contribution in [1.82, 2.24) is 14.9 Å². The molecule has 1 heterocycles. The second kappa shape index (κ2) is 6.92. The summed E-state index contributed by atoms with van der Waals surface area (Å²) in [6.45, 7) is 5.71. The molecule has 2 aromatic carbocycles. The van der Waals surface area contributed by atoms with E-state index in [2.05, 4.69) is 15.3 Å². The highest BCUT2D eigenvalue weighted by Crippen LogP contribution is 2.25. The van der Waals surface area contributed by atoms with Crippen molar-refractivity contribution in [1.29, 1.82) is 0 Å². The Morgan fingerprint density at radius 2 is 1.88 bits per heavy atom. The Balaban J connectivity index is 2.18. The fourth-order valence-electron chi connectivity index (χ4n) is 2.60. The van der Waals surface area contributed by atoms with Gasteiger partial charge < -0.3 is 5.11 Å². The van der Waals surface area contributed by atoms with E-state index in [9.17, 15) is 9.90 Å². The maximum absolute atomic E-state index is 12.8. The monoisotopic (exact) mass is 368 g/mol. The van der Waals surface area contributed by atoms with Crippen LogP contribution in [0.1, 0.15) is 32.0 Å². The van der Waals surface area contributed by atoms with Crippen LogP contribution < -0.4 is 5.56 Å². The third kappa shape index (κ3) is 3.35. The fourth-order valence-corrected chi connectivity index (χ4v) is 3.03. The van der Waals surface area contributed by atoms with Crippen LogP contribution >= 0.6 is 11.8 Å². The molecule has 0 bridgehead atoms. The minimum absolute atomic E-state index is 0.101. The molecule has 0 aliphatic rings. The molecule has 1 aromatic heterocycles. The van der Waals surface area contributed by atoms with Gasteiger partial charge in [-0.15, -0.1) is 10.2 Å². The van der Waals surface area contributed by atoms with E-state index in [0.29, 0.717) is 16.4 Å². The van der Waals surface area contributed by atoms with Gasteiger partial charge in [0.1, 0.15) is 11.4 Å². The minimum Gasteiger partial charge on any atom is -0.507 e. The van der Waals surface area contributed by atoms with Crippen molar-refractivity contribution >= 4 is 28.7 Å². The summed E-state index contributed by atoms with van der Waals surface area (Å²) in [5.41, 5.74) is 0.137. The smallest absolute Gasteiger partial charge is 0.297 e. The maximum Gasteiger partial charge on any atom is 0.297 e. The quantitative estimate of drug-likeness (QED) is 0.566. The van der Waals surface area contributed by atoms with E-state index in [1.807, 2.05) is 57.4 Å². The molecule has 0 aliphatic heterocycles. The standard InChI is InChI=1S/C19H20N4O2S/c1-19(2,3)16-17(25)23(18(26-4)22-21-16)20-11-14-13-8-6-5-7-12(13)9-10-15(14)24/h5-11,24H,1-4H3/b20-11-. The molecule has 0 amide bonds. The largest absolute Gasteiger partial charge is 0.507 e. The van der Waals surface area contributed by atoms with Gasteiger partial charge in [-0.1, -0.05) is 62.9 Å². The number of phenolic OH excluding ortho intramolecular Hbond substituents is 1. The molecule has 1 N–H and O–H groups in total. The predicted molar refractivity (Wildman–Crippen MR) is 105 cm³/mol. The van der Waals surface area contributed by atoms with Crippen molar-refractivity contribution in [2.45, 2.75) is 31.3 Å². The van der Waals surface area contributed by atoms with E-state index in [1.165, 1.54) is 22.7 Å². The highest BCUT2D eigenvalue weighted by molar-refractivity contribution is 7.98. The first-order valence-electron chi connectivity index (χ1n) is 8.12. The highest BCUT2D eigenvalue weighted by atomic mass is 32.2. The van der Waals surface area contributed by atoms with Gasteiger partial charge in [0.05, 0.1) is 6.21 Å². The van der Waals surface area contributed by atoms with Crippen molar-refractivity contribution in [3.05, 3.63) is 58.0 Å². The van der Waals surface area contributed by atoms with Crippen molar-refractivity contribution in [3.63, 3.8) is 0 Å². The van der Waals surface area contributed by atoms with Crippen LogP contribution in [0.5, 0.6) is 5.75 Å². The molecule has 0 saturated carbocycles. The van der Waals surface area contributed by atoms with Crippen LogP contribution in [0.2, 0.25) is 0 Å². The fraction of sp³-hybridized carbons (Fsp3) is 0.263. The molecule has 0 aliphatic carbocycles. The molecule has 0 unspecified atom stereocenters.